The number of oxime groups is 1. The minimum absolute atomic E-state index is 0.104. The molecule has 106 valence electrons. The first-order valence-electron chi connectivity index (χ1n) is 6.24. The zero-order chi connectivity index (χ0) is 14.4. The van der Waals surface area contributed by atoms with Gasteiger partial charge in [-0.15, -0.1) is 11.3 Å². The van der Waals surface area contributed by atoms with Gasteiger partial charge in [-0.25, -0.2) is 4.98 Å². The highest BCUT2D eigenvalue weighted by atomic mass is 32.1. The molecule has 3 N–H and O–H groups in total. The second-order valence-electron chi connectivity index (χ2n) is 4.35. The van der Waals surface area contributed by atoms with Crippen molar-refractivity contribution in [3.63, 3.8) is 0 Å². The number of amidine groups is 1. The largest absolute Gasteiger partial charge is 0.409 e. The van der Waals surface area contributed by atoms with E-state index in [-0.39, 0.29) is 5.84 Å². The van der Waals surface area contributed by atoms with Crippen molar-refractivity contribution in [2.24, 2.45) is 10.9 Å². The minimum atomic E-state index is 0.104. The molecule has 1 aromatic heterocycles. The quantitative estimate of drug-likeness (QED) is 0.281. The highest BCUT2D eigenvalue weighted by Gasteiger charge is 2.03. The standard InChI is InChI=1S/C14H17N3O2S/c1-10-13(20-9-16-10)5-6-19-8-11-3-2-4-12(7-11)14(15)17-18/h2-4,7,9,18H,5-6,8H2,1H3,(H2,15,17). The fourth-order valence-electron chi connectivity index (χ4n) is 1.80. The SMILES string of the molecule is Cc1ncsc1CCOCc1cccc(/C(N)=N/O)c1. The number of ether oxygens (including phenoxy) is 1. The van der Waals surface area contributed by atoms with Crippen molar-refractivity contribution >= 4 is 17.2 Å². The Morgan fingerprint density at radius 1 is 1.50 bits per heavy atom. The Kier molecular flexibility index (Phi) is 5.09. The molecule has 6 heteroatoms. The molecule has 0 bridgehead atoms. The van der Waals surface area contributed by atoms with Crippen LogP contribution in [0.15, 0.2) is 34.9 Å². The maximum Gasteiger partial charge on any atom is 0.170 e. The third-order valence-electron chi connectivity index (χ3n) is 2.92. The molecule has 0 radical (unpaired) electrons. The zero-order valence-corrected chi connectivity index (χ0v) is 12.1. The van der Waals surface area contributed by atoms with E-state index in [1.807, 2.05) is 30.6 Å². The van der Waals surface area contributed by atoms with Gasteiger partial charge in [-0.1, -0.05) is 23.4 Å². The first-order valence-corrected chi connectivity index (χ1v) is 7.12. The number of aryl methyl sites for hydroxylation is 1. The van der Waals surface area contributed by atoms with E-state index in [1.165, 1.54) is 4.88 Å². The van der Waals surface area contributed by atoms with Crippen LogP contribution in [-0.2, 0) is 17.8 Å². The summed E-state index contributed by atoms with van der Waals surface area (Å²) in [4.78, 5) is 5.47. The van der Waals surface area contributed by atoms with Crippen LogP contribution in [0.25, 0.3) is 0 Å². The summed E-state index contributed by atoms with van der Waals surface area (Å²) in [5, 5.41) is 11.6. The average Bonchev–Trinajstić information content (AvgIpc) is 2.88. The average molecular weight is 291 g/mol. The van der Waals surface area contributed by atoms with Crippen molar-refractivity contribution in [3.8, 4) is 0 Å². The molecule has 0 spiro atoms. The van der Waals surface area contributed by atoms with Crippen LogP contribution in [0, 0.1) is 6.92 Å². The molecule has 0 aliphatic carbocycles. The van der Waals surface area contributed by atoms with Crippen molar-refractivity contribution < 1.29 is 9.94 Å². The number of aromatic nitrogens is 1. The molecule has 2 rings (SSSR count). The molecule has 0 aliphatic rings. The fraction of sp³-hybridized carbons (Fsp3) is 0.286. The second kappa shape index (κ2) is 7.02. The molecule has 0 saturated carbocycles. The topological polar surface area (TPSA) is 80.7 Å². The summed E-state index contributed by atoms with van der Waals surface area (Å²) in [6, 6.07) is 7.46. The van der Waals surface area contributed by atoms with E-state index < -0.39 is 0 Å². The number of hydrogen-bond acceptors (Lipinski definition) is 5. The van der Waals surface area contributed by atoms with Gasteiger partial charge in [-0.05, 0) is 18.6 Å². The van der Waals surface area contributed by atoms with E-state index in [0.29, 0.717) is 18.8 Å². The third-order valence-corrected chi connectivity index (χ3v) is 3.91. The number of rotatable bonds is 6. The lowest BCUT2D eigenvalue weighted by Crippen LogP contribution is -2.13. The lowest BCUT2D eigenvalue weighted by molar-refractivity contribution is 0.124. The summed E-state index contributed by atoms with van der Waals surface area (Å²) in [5.74, 6) is 0.104. The van der Waals surface area contributed by atoms with Gasteiger partial charge in [0.05, 0.1) is 24.4 Å². The van der Waals surface area contributed by atoms with Crippen LogP contribution >= 0.6 is 11.3 Å². The third kappa shape index (κ3) is 3.79. The lowest BCUT2D eigenvalue weighted by atomic mass is 10.1. The molecule has 1 heterocycles. The van der Waals surface area contributed by atoms with Gasteiger partial charge in [0.1, 0.15) is 0 Å². The van der Waals surface area contributed by atoms with E-state index in [9.17, 15) is 0 Å². The molecular weight excluding hydrogens is 274 g/mol. The molecule has 0 atom stereocenters. The molecule has 0 aliphatic heterocycles. The number of thiazole rings is 1. The summed E-state index contributed by atoms with van der Waals surface area (Å²) in [6.07, 6.45) is 0.871. The van der Waals surface area contributed by atoms with Gasteiger partial charge in [0, 0.05) is 16.9 Å². The van der Waals surface area contributed by atoms with Gasteiger partial charge in [0.2, 0.25) is 0 Å². The van der Waals surface area contributed by atoms with Crippen LogP contribution < -0.4 is 5.73 Å². The highest BCUT2D eigenvalue weighted by Crippen LogP contribution is 2.13. The Labute approximate surface area is 121 Å². The van der Waals surface area contributed by atoms with E-state index in [0.717, 1.165) is 17.7 Å². The van der Waals surface area contributed by atoms with Crippen molar-refractivity contribution in [2.75, 3.05) is 6.61 Å². The molecule has 0 unspecified atom stereocenters. The van der Waals surface area contributed by atoms with Gasteiger partial charge >= 0.3 is 0 Å². The van der Waals surface area contributed by atoms with Crippen LogP contribution in [0.4, 0.5) is 0 Å². The van der Waals surface area contributed by atoms with Gasteiger partial charge < -0.3 is 15.7 Å². The fourth-order valence-corrected chi connectivity index (χ4v) is 2.56. The van der Waals surface area contributed by atoms with Crippen molar-refractivity contribution in [1.29, 1.82) is 0 Å². The van der Waals surface area contributed by atoms with Gasteiger partial charge in [-0.3, -0.25) is 0 Å². The van der Waals surface area contributed by atoms with E-state index in [1.54, 1.807) is 17.4 Å². The molecule has 1 aromatic carbocycles. The van der Waals surface area contributed by atoms with E-state index >= 15 is 0 Å². The number of hydrogen-bond donors (Lipinski definition) is 2. The maximum absolute atomic E-state index is 8.65. The van der Waals surface area contributed by atoms with Crippen LogP contribution in [0.5, 0.6) is 0 Å². The normalized spacial score (nSPS) is 11.8. The molecule has 2 aromatic rings. The second-order valence-corrected chi connectivity index (χ2v) is 5.29. The Hall–Kier alpha value is -1.92. The highest BCUT2D eigenvalue weighted by molar-refractivity contribution is 7.09. The molecule has 0 saturated heterocycles. The first-order chi connectivity index (χ1) is 9.70. The van der Waals surface area contributed by atoms with Crippen molar-refractivity contribution in [3.05, 3.63) is 51.5 Å². The predicted octanol–water partition coefficient (Wildman–Crippen LogP) is 2.31. The summed E-state index contributed by atoms with van der Waals surface area (Å²) < 4.78 is 5.65. The zero-order valence-electron chi connectivity index (χ0n) is 11.2. The minimum Gasteiger partial charge on any atom is -0.409 e. The van der Waals surface area contributed by atoms with E-state index in [2.05, 4.69) is 10.1 Å². The number of benzene rings is 1. The van der Waals surface area contributed by atoms with Crippen molar-refractivity contribution in [2.45, 2.75) is 20.0 Å². The Bertz CT molecular complexity index is 596. The molecule has 5 nitrogen and oxygen atoms in total. The summed E-state index contributed by atoms with van der Waals surface area (Å²) in [6.45, 7) is 3.16. The monoisotopic (exact) mass is 291 g/mol. The Morgan fingerprint density at radius 3 is 3.05 bits per heavy atom. The Balaban J connectivity index is 1.84. The summed E-state index contributed by atoms with van der Waals surface area (Å²) >= 11 is 1.65. The van der Waals surface area contributed by atoms with Gasteiger partial charge in [0.25, 0.3) is 0 Å². The van der Waals surface area contributed by atoms with Gasteiger partial charge in [0.15, 0.2) is 5.84 Å². The number of nitrogens with two attached hydrogens (primary N) is 1. The van der Waals surface area contributed by atoms with E-state index in [4.69, 9.17) is 15.7 Å². The molecule has 20 heavy (non-hydrogen) atoms. The van der Waals surface area contributed by atoms with Crippen LogP contribution in [0.1, 0.15) is 21.7 Å². The summed E-state index contributed by atoms with van der Waals surface area (Å²) in [7, 11) is 0. The Morgan fingerprint density at radius 2 is 2.35 bits per heavy atom. The van der Waals surface area contributed by atoms with Crippen LogP contribution in [-0.4, -0.2) is 22.6 Å². The first kappa shape index (κ1) is 14.5. The molecular formula is C14H17N3O2S. The smallest absolute Gasteiger partial charge is 0.170 e. The predicted molar refractivity (Wildman–Crippen MR) is 79.2 cm³/mol. The summed E-state index contributed by atoms with van der Waals surface area (Å²) in [5.41, 5.74) is 10.2. The van der Waals surface area contributed by atoms with Gasteiger partial charge in [-0.2, -0.15) is 0 Å². The van der Waals surface area contributed by atoms with Crippen LogP contribution in [0.2, 0.25) is 0 Å². The molecule has 0 fully saturated rings. The number of nitrogens with zero attached hydrogens (tertiary/aromatic N) is 2. The lowest BCUT2D eigenvalue weighted by Gasteiger charge is -2.06. The van der Waals surface area contributed by atoms with Crippen LogP contribution in [0.3, 0.4) is 0 Å². The molecule has 0 amide bonds. The maximum atomic E-state index is 8.65. The van der Waals surface area contributed by atoms with Crippen molar-refractivity contribution in [1.82, 2.24) is 4.98 Å².